The van der Waals surface area contributed by atoms with Gasteiger partial charge < -0.3 is 18.2 Å². The van der Waals surface area contributed by atoms with E-state index in [2.05, 4.69) is 72.8 Å². The molecule has 25 heavy (non-hydrogen) atoms. The second-order valence-corrected chi connectivity index (χ2v) is 6.28. The summed E-state index contributed by atoms with van der Waals surface area (Å²) in [6, 6.07) is 29.4. The van der Waals surface area contributed by atoms with Gasteiger partial charge >= 0.3 is 0 Å². The van der Waals surface area contributed by atoms with Crippen LogP contribution in [0.25, 0.3) is 49.2 Å². The molecule has 0 aromatic heterocycles. The van der Waals surface area contributed by atoms with Crippen molar-refractivity contribution in [1.82, 2.24) is 0 Å². The zero-order valence-electron chi connectivity index (χ0n) is 13.7. The fourth-order valence-electron chi connectivity index (χ4n) is 3.50. The molecule has 1 radical (unpaired) electrons. The van der Waals surface area contributed by atoms with Gasteiger partial charge in [0.05, 0.1) is 0 Å². The molecule has 5 aromatic carbocycles. The topological polar surface area (TPSA) is 0 Å². The molecule has 0 nitrogen and oxygen atoms in total. The van der Waals surface area contributed by atoms with E-state index in [4.69, 9.17) is 6.58 Å². The molecule has 5 aromatic rings. The Labute approximate surface area is 172 Å². The number of hydrogen-bond donors (Lipinski definition) is 0. The van der Waals surface area contributed by atoms with E-state index in [1.165, 1.54) is 43.1 Å². The Kier molecular flexibility index (Phi) is 4.19. The maximum Gasteiger partial charge on any atom is 0 e. The Hall–Kier alpha value is -2.02. The monoisotopic (exact) mass is 391 g/mol. The van der Waals surface area contributed by atoms with E-state index in [9.17, 15) is 0 Å². The van der Waals surface area contributed by atoms with E-state index in [0.717, 1.165) is 5.56 Å². The van der Waals surface area contributed by atoms with Crippen LogP contribution < -0.4 is 0 Å². The van der Waals surface area contributed by atoms with Gasteiger partial charge in [-0.15, -0.1) is 10.8 Å². The van der Waals surface area contributed by atoms with Gasteiger partial charge in [-0.25, -0.2) is 12.1 Å². The number of hydrogen-bond acceptors (Lipinski definition) is 0. The van der Waals surface area contributed by atoms with Gasteiger partial charge in [0, 0.05) is 32.7 Å². The zero-order chi connectivity index (χ0) is 16.1. The molecule has 0 bridgehead atoms. The summed E-state index contributed by atoms with van der Waals surface area (Å²) in [6.07, 6.45) is 1.59. The van der Waals surface area contributed by atoms with E-state index in [0.29, 0.717) is 0 Å². The van der Waals surface area contributed by atoms with Crippen molar-refractivity contribution in [2.75, 3.05) is 0 Å². The van der Waals surface area contributed by atoms with Crippen LogP contribution in [0.15, 0.2) is 72.8 Å². The van der Waals surface area contributed by atoms with Gasteiger partial charge in [-0.3, -0.25) is 0 Å². The summed E-state index contributed by atoms with van der Waals surface area (Å²) < 4.78 is 0. The number of rotatable bonds is 1. The molecular formula is C24H14Y-2. The average Bonchev–Trinajstić information content (AvgIpc) is 2.62. The van der Waals surface area contributed by atoms with E-state index in [1.807, 2.05) is 6.07 Å². The van der Waals surface area contributed by atoms with Gasteiger partial charge in [-0.05, 0) is 56.6 Å². The van der Waals surface area contributed by atoms with Crippen LogP contribution in [0, 0.1) is 12.6 Å². The summed E-state index contributed by atoms with van der Waals surface area (Å²) >= 11 is 0. The quantitative estimate of drug-likeness (QED) is 0.225. The molecule has 0 spiro atoms. The smallest absolute Gasteiger partial charge is 0 e. The average molecular weight is 391 g/mol. The third kappa shape index (κ3) is 2.80. The molecule has 0 unspecified atom stereocenters. The molecule has 0 saturated carbocycles. The second kappa shape index (κ2) is 6.37. The predicted molar refractivity (Wildman–Crippen MR) is 104 cm³/mol. The third-order valence-corrected chi connectivity index (χ3v) is 4.75. The molecule has 0 heterocycles. The van der Waals surface area contributed by atoms with Crippen molar-refractivity contribution in [3.63, 3.8) is 0 Å². The van der Waals surface area contributed by atoms with Gasteiger partial charge in [-0.2, -0.15) is 6.07 Å². The van der Waals surface area contributed by atoms with Crippen molar-refractivity contribution >= 4 is 49.2 Å². The summed E-state index contributed by atoms with van der Waals surface area (Å²) in [5, 5.41) is 9.99. The van der Waals surface area contributed by atoms with E-state index < -0.39 is 0 Å². The summed E-state index contributed by atoms with van der Waals surface area (Å²) in [5.41, 5.74) is 0.925. The molecule has 0 atom stereocenters. The van der Waals surface area contributed by atoms with E-state index in [-0.39, 0.29) is 32.7 Å². The summed E-state index contributed by atoms with van der Waals surface area (Å²) in [6.45, 7) is 5.62. The van der Waals surface area contributed by atoms with Gasteiger partial charge in [0.1, 0.15) is 0 Å². The second-order valence-electron chi connectivity index (χ2n) is 6.28. The molecule has 0 aliphatic heterocycles. The number of benzene rings is 5. The Balaban J connectivity index is 0.00000157. The van der Waals surface area contributed by atoms with Crippen LogP contribution in [0.4, 0.5) is 0 Å². The Morgan fingerprint density at radius 1 is 0.600 bits per heavy atom. The SMILES string of the molecule is [CH-]=Cc1[c-]cc2cc3cc4cc5ccccc5cc4cc3cc2c1.[Y]. The molecule has 5 rings (SSSR count). The van der Waals surface area contributed by atoms with Crippen LogP contribution in [0.5, 0.6) is 0 Å². The minimum atomic E-state index is 0. The molecule has 0 fully saturated rings. The molecule has 0 amide bonds. The van der Waals surface area contributed by atoms with Gasteiger partial charge in [0.25, 0.3) is 0 Å². The first kappa shape index (κ1) is 16.5. The minimum Gasteiger partial charge on any atom is -0.344 e. The van der Waals surface area contributed by atoms with Crippen molar-refractivity contribution in [2.24, 2.45) is 0 Å². The van der Waals surface area contributed by atoms with Crippen molar-refractivity contribution in [2.45, 2.75) is 0 Å². The molecule has 0 aliphatic carbocycles. The fraction of sp³-hybridized carbons (Fsp3) is 0. The van der Waals surface area contributed by atoms with Crippen LogP contribution in [0.1, 0.15) is 5.56 Å². The van der Waals surface area contributed by atoms with Gasteiger partial charge in [0.15, 0.2) is 0 Å². The molecule has 1 heteroatoms. The van der Waals surface area contributed by atoms with Crippen molar-refractivity contribution in [3.8, 4) is 0 Å². The molecular weight excluding hydrogens is 377 g/mol. The van der Waals surface area contributed by atoms with Gasteiger partial charge in [0.2, 0.25) is 0 Å². The van der Waals surface area contributed by atoms with Crippen LogP contribution >= 0.6 is 0 Å². The predicted octanol–water partition coefficient (Wildman–Crippen LogP) is 6.54. The Morgan fingerprint density at radius 3 is 1.56 bits per heavy atom. The number of fused-ring (bicyclic) bond motifs is 4. The van der Waals surface area contributed by atoms with E-state index in [1.54, 1.807) is 6.08 Å². The van der Waals surface area contributed by atoms with Gasteiger partial charge in [-0.1, -0.05) is 36.4 Å². The summed E-state index contributed by atoms with van der Waals surface area (Å²) in [4.78, 5) is 0. The van der Waals surface area contributed by atoms with Crippen LogP contribution in [0.3, 0.4) is 0 Å². The molecule has 115 valence electrons. The zero-order valence-corrected chi connectivity index (χ0v) is 16.5. The Morgan fingerprint density at radius 2 is 1.04 bits per heavy atom. The summed E-state index contributed by atoms with van der Waals surface area (Å²) in [7, 11) is 0. The maximum atomic E-state index is 5.62. The van der Waals surface area contributed by atoms with Crippen molar-refractivity contribution in [1.29, 1.82) is 0 Å². The van der Waals surface area contributed by atoms with Crippen LogP contribution in [-0.4, -0.2) is 0 Å². The first-order chi connectivity index (χ1) is 11.8. The third-order valence-electron chi connectivity index (χ3n) is 4.75. The largest absolute Gasteiger partial charge is 0.344 e. The maximum absolute atomic E-state index is 5.62. The minimum absolute atomic E-state index is 0. The Bertz CT molecular complexity index is 1270. The van der Waals surface area contributed by atoms with Crippen LogP contribution in [0.2, 0.25) is 0 Å². The first-order valence-corrected chi connectivity index (χ1v) is 8.07. The fourth-order valence-corrected chi connectivity index (χ4v) is 3.50. The van der Waals surface area contributed by atoms with Crippen molar-refractivity contribution in [3.05, 3.63) is 91.0 Å². The van der Waals surface area contributed by atoms with Crippen molar-refractivity contribution < 1.29 is 32.7 Å². The van der Waals surface area contributed by atoms with Crippen LogP contribution in [-0.2, 0) is 32.7 Å². The molecule has 0 saturated heterocycles. The van der Waals surface area contributed by atoms with E-state index >= 15 is 0 Å². The normalized spacial score (nSPS) is 11.0. The molecule has 0 aliphatic rings. The summed E-state index contributed by atoms with van der Waals surface area (Å²) in [5.74, 6) is 0. The first-order valence-electron chi connectivity index (χ1n) is 8.07. The standard InChI is InChI=1S/C24H14.Y/c1-2-16-7-8-19-12-23-14-21-10-17-5-3-4-6-18(17)11-22(21)15-24(23)13-20(19)9-16;/h1-6,8-15H;/q-2;. The molecule has 0 N–H and O–H groups in total.